The van der Waals surface area contributed by atoms with E-state index in [1.165, 1.54) is 49.8 Å². The first-order valence-corrected chi connectivity index (χ1v) is 8.59. The molecule has 1 aromatic rings. The molecule has 1 N–H and O–H groups in total. The first-order chi connectivity index (χ1) is 9.76. The second kappa shape index (κ2) is 6.52. The summed E-state index contributed by atoms with van der Waals surface area (Å²) in [6.07, 6.45) is 6.53. The van der Waals surface area contributed by atoms with Crippen molar-refractivity contribution in [1.29, 1.82) is 0 Å². The first-order valence-electron chi connectivity index (χ1n) is 8.59. The normalized spacial score (nSPS) is 16.2. The predicted molar refractivity (Wildman–Crippen MR) is 92.9 cm³/mol. The van der Waals surface area contributed by atoms with E-state index < -0.39 is 0 Å². The van der Waals surface area contributed by atoms with Crippen LogP contribution in [0, 0.1) is 5.41 Å². The van der Waals surface area contributed by atoms with Crippen LogP contribution in [0.1, 0.15) is 71.4 Å². The number of rotatable bonds is 7. The number of aryl methyl sites for hydroxylation is 1. The van der Waals surface area contributed by atoms with Gasteiger partial charge in [-0.15, -0.1) is 0 Å². The number of hydrogen-bond acceptors (Lipinski definition) is 1. The monoisotopic (exact) mass is 287 g/mol. The highest BCUT2D eigenvalue weighted by atomic mass is 14.9. The topological polar surface area (TPSA) is 12.0 Å². The zero-order valence-electron chi connectivity index (χ0n) is 14.6. The Hall–Kier alpha value is -0.820. The number of nitrogens with one attached hydrogen (secondary N) is 1. The summed E-state index contributed by atoms with van der Waals surface area (Å²) < 4.78 is 0. The second-order valence-corrected chi connectivity index (χ2v) is 8.59. The fourth-order valence-electron chi connectivity index (χ4n) is 2.68. The number of benzene rings is 1. The molecule has 1 saturated carbocycles. The zero-order chi connectivity index (χ0) is 15.5. The molecule has 1 aromatic carbocycles. The minimum absolute atomic E-state index is 0.256. The third-order valence-electron chi connectivity index (χ3n) is 4.72. The van der Waals surface area contributed by atoms with E-state index in [9.17, 15) is 0 Å². The van der Waals surface area contributed by atoms with Crippen LogP contribution in [0.25, 0.3) is 0 Å². The van der Waals surface area contributed by atoms with E-state index in [1.807, 2.05) is 0 Å². The van der Waals surface area contributed by atoms with Crippen LogP contribution < -0.4 is 5.32 Å². The lowest BCUT2D eigenvalue weighted by Crippen LogP contribution is -2.24. The predicted octanol–water partition coefficient (Wildman–Crippen LogP) is 5.09. The van der Waals surface area contributed by atoms with Gasteiger partial charge in [-0.05, 0) is 60.6 Å². The van der Waals surface area contributed by atoms with E-state index in [0.717, 1.165) is 6.04 Å². The zero-order valence-corrected chi connectivity index (χ0v) is 14.6. The Labute approximate surface area is 131 Å². The molecule has 1 heteroatoms. The van der Waals surface area contributed by atoms with Gasteiger partial charge in [-0.1, -0.05) is 58.9 Å². The maximum absolute atomic E-state index is 3.63. The summed E-state index contributed by atoms with van der Waals surface area (Å²) in [5, 5.41) is 3.63. The molecular weight excluding hydrogens is 254 g/mol. The lowest BCUT2D eigenvalue weighted by molar-refractivity contribution is 0.302. The molecule has 0 unspecified atom stereocenters. The summed E-state index contributed by atoms with van der Waals surface area (Å²) >= 11 is 0. The van der Waals surface area contributed by atoms with Gasteiger partial charge in [-0.2, -0.15) is 0 Å². The molecule has 0 atom stereocenters. The minimum Gasteiger partial charge on any atom is -0.314 e. The fourth-order valence-corrected chi connectivity index (χ4v) is 2.68. The number of hydrogen-bond donors (Lipinski definition) is 1. The van der Waals surface area contributed by atoms with Crippen molar-refractivity contribution >= 4 is 0 Å². The molecule has 118 valence electrons. The lowest BCUT2D eigenvalue weighted by Gasteiger charge is -2.25. The van der Waals surface area contributed by atoms with Crippen molar-refractivity contribution in [2.24, 2.45) is 5.41 Å². The highest BCUT2D eigenvalue weighted by Crippen LogP contribution is 2.28. The summed E-state index contributed by atoms with van der Waals surface area (Å²) in [6, 6.07) is 10.1. The van der Waals surface area contributed by atoms with Crippen LogP contribution in [0.15, 0.2) is 24.3 Å². The van der Waals surface area contributed by atoms with Crippen molar-refractivity contribution in [3.63, 3.8) is 0 Å². The Morgan fingerprint density at radius 2 is 1.57 bits per heavy atom. The molecule has 1 aliphatic rings. The Morgan fingerprint density at radius 3 is 2.10 bits per heavy atom. The van der Waals surface area contributed by atoms with Crippen LogP contribution in [-0.2, 0) is 11.8 Å². The molecule has 0 bridgehead atoms. The highest BCUT2D eigenvalue weighted by molar-refractivity contribution is 5.27. The molecule has 0 saturated heterocycles. The molecule has 2 rings (SSSR count). The third kappa shape index (κ3) is 5.82. The maximum Gasteiger partial charge on any atom is 0.00682 e. The van der Waals surface area contributed by atoms with Crippen LogP contribution in [-0.4, -0.2) is 12.6 Å². The maximum atomic E-state index is 3.63. The van der Waals surface area contributed by atoms with Crippen LogP contribution in [0.5, 0.6) is 0 Å². The minimum atomic E-state index is 0.256. The average molecular weight is 287 g/mol. The quantitative estimate of drug-likeness (QED) is 0.737. The lowest BCUT2D eigenvalue weighted by atomic mass is 9.82. The summed E-state index contributed by atoms with van der Waals surface area (Å²) in [7, 11) is 0. The molecule has 0 aliphatic heterocycles. The van der Waals surface area contributed by atoms with Gasteiger partial charge < -0.3 is 5.32 Å². The summed E-state index contributed by atoms with van der Waals surface area (Å²) in [5.74, 6) is 0. The molecule has 1 nitrogen and oxygen atoms in total. The fraction of sp³-hybridized carbons (Fsp3) is 0.700. The molecule has 0 amide bonds. The van der Waals surface area contributed by atoms with Crippen molar-refractivity contribution < 1.29 is 0 Å². The van der Waals surface area contributed by atoms with Crippen LogP contribution >= 0.6 is 0 Å². The van der Waals surface area contributed by atoms with Gasteiger partial charge in [0.15, 0.2) is 0 Å². The van der Waals surface area contributed by atoms with E-state index in [1.54, 1.807) is 0 Å². The molecule has 21 heavy (non-hydrogen) atoms. The van der Waals surface area contributed by atoms with Crippen molar-refractivity contribution in [3.8, 4) is 0 Å². The van der Waals surface area contributed by atoms with E-state index >= 15 is 0 Å². The Bertz CT molecular complexity index is 432. The summed E-state index contributed by atoms with van der Waals surface area (Å²) in [5.41, 5.74) is 3.60. The Morgan fingerprint density at radius 1 is 0.952 bits per heavy atom. The van der Waals surface area contributed by atoms with Crippen LogP contribution in [0.2, 0.25) is 0 Å². The molecule has 1 aliphatic carbocycles. The summed E-state index contributed by atoms with van der Waals surface area (Å²) in [4.78, 5) is 0. The summed E-state index contributed by atoms with van der Waals surface area (Å²) in [6.45, 7) is 12.8. The Balaban J connectivity index is 1.77. The van der Waals surface area contributed by atoms with E-state index in [-0.39, 0.29) is 5.41 Å². The average Bonchev–Trinajstić information content (AvgIpc) is 3.20. The van der Waals surface area contributed by atoms with Gasteiger partial charge in [-0.3, -0.25) is 0 Å². The van der Waals surface area contributed by atoms with Crippen LogP contribution in [0.3, 0.4) is 0 Å². The van der Waals surface area contributed by atoms with E-state index in [0.29, 0.717) is 5.41 Å². The van der Waals surface area contributed by atoms with Crippen molar-refractivity contribution in [1.82, 2.24) is 5.32 Å². The van der Waals surface area contributed by atoms with Gasteiger partial charge in [0.1, 0.15) is 0 Å². The first kappa shape index (κ1) is 16.5. The van der Waals surface area contributed by atoms with Gasteiger partial charge in [0.25, 0.3) is 0 Å². The largest absolute Gasteiger partial charge is 0.314 e. The third-order valence-corrected chi connectivity index (χ3v) is 4.72. The van der Waals surface area contributed by atoms with Gasteiger partial charge >= 0.3 is 0 Å². The van der Waals surface area contributed by atoms with Gasteiger partial charge in [0.2, 0.25) is 0 Å². The van der Waals surface area contributed by atoms with Crippen molar-refractivity contribution in [2.45, 2.75) is 78.2 Å². The molecule has 0 radical (unpaired) electrons. The highest BCUT2D eigenvalue weighted by Gasteiger charge is 2.22. The van der Waals surface area contributed by atoms with Gasteiger partial charge in [-0.25, -0.2) is 0 Å². The molecule has 0 spiro atoms. The molecular formula is C20H33N. The van der Waals surface area contributed by atoms with Crippen LogP contribution in [0.4, 0.5) is 0 Å². The van der Waals surface area contributed by atoms with E-state index in [2.05, 4.69) is 64.2 Å². The molecule has 0 heterocycles. The smallest absolute Gasteiger partial charge is 0.00682 e. The van der Waals surface area contributed by atoms with Crippen molar-refractivity contribution in [3.05, 3.63) is 35.4 Å². The molecule has 1 fully saturated rings. The Kier molecular flexibility index (Phi) is 5.14. The van der Waals surface area contributed by atoms with Gasteiger partial charge in [0, 0.05) is 6.04 Å². The van der Waals surface area contributed by atoms with Crippen molar-refractivity contribution in [2.75, 3.05) is 6.54 Å². The standard InChI is InChI=1S/C20H33N/c1-19(2,3)17-8-6-16(7-9-17)12-13-20(4,5)14-15-21-18-10-11-18/h6-9,18,21H,10-15H2,1-5H3. The van der Waals surface area contributed by atoms with Gasteiger partial charge in [0.05, 0.1) is 0 Å². The van der Waals surface area contributed by atoms with E-state index in [4.69, 9.17) is 0 Å². The SMILES string of the molecule is CC(C)(CCNC1CC1)CCc1ccc(C(C)(C)C)cc1. The molecule has 0 aromatic heterocycles. The second-order valence-electron chi connectivity index (χ2n) is 8.59.